The molecule has 1 saturated heterocycles. The summed E-state index contributed by atoms with van der Waals surface area (Å²) < 4.78 is 24.9. The van der Waals surface area contributed by atoms with E-state index < -0.39 is 9.84 Å². The largest absolute Gasteiger partial charge is 0.370 e. The lowest BCUT2D eigenvalue weighted by Gasteiger charge is -2.21. The second-order valence-electron chi connectivity index (χ2n) is 6.43. The number of nitrogens with zero attached hydrogens (tertiary/aromatic N) is 1. The Hall–Kier alpha value is -1.85. The van der Waals surface area contributed by atoms with E-state index in [1.807, 2.05) is 31.2 Å². The lowest BCUT2D eigenvalue weighted by molar-refractivity contribution is 0.487. The second kappa shape index (κ2) is 7.36. The number of para-hydroxylation sites is 1. The second-order valence-corrected chi connectivity index (χ2v) is 8.46. The summed E-state index contributed by atoms with van der Waals surface area (Å²) >= 11 is 0. The van der Waals surface area contributed by atoms with Crippen LogP contribution in [-0.2, 0) is 9.84 Å². The molecule has 0 amide bonds. The lowest BCUT2D eigenvalue weighted by atomic mass is 10.2. The molecule has 2 aromatic rings. The predicted molar refractivity (Wildman–Crippen MR) is 98.2 cm³/mol. The van der Waals surface area contributed by atoms with Gasteiger partial charge in [0, 0.05) is 30.9 Å². The maximum absolute atomic E-state index is 12.5. The molecule has 1 N–H and O–H groups in total. The van der Waals surface area contributed by atoms with Crippen LogP contribution in [0, 0.1) is 0 Å². The summed E-state index contributed by atoms with van der Waals surface area (Å²) in [6, 6.07) is 19.3. The van der Waals surface area contributed by atoms with Gasteiger partial charge in [-0.25, -0.2) is 8.42 Å². The summed E-state index contributed by atoms with van der Waals surface area (Å²) in [4.78, 5) is 2.74. The zero-order valence-electron chi connectivity index (χ0n) is 13.9. The smallest absolute Gasteiger partial charge is 0.179 e. The van der Waals surface area contributed by atoms with Crippen LogP contribution in [0.25, 0.3) is 0 Å². The quantitative estimate of drug-likeness (QED) is 0.875. The van der Waals surface area contributed by atoms with Crippen LogP contribution in [0.1, 0.15) is 13.3 Å². The molecule has 1 heterocycles. The van der Waals surface area contributed by atoms with Crippen LogP contribution in [0.2, 0.25) is 0 Å². The molecule has 1 aliphatic rings. The zero-order valence-corrected chi connectivity index (χ0v) is 14.7. The molecule has 2 atom stereocenters. The SMILES string of the molecule is C[C@H](CS(=O)(=O)c1ccccc1)N[C@@H]1CCN(c2ccccc2)C1. The molecule has 24 heavy (non-hydrogen) atoms. The molecule has 2 aromatic carbocycles. The Bertz CT molecular complexity index is 747. The van der Waals surface area contributed by atoms with Crippen molar-refractivity contribution in [3.05, 3.63) is 60.7 Å². The molecule has 1 aliphatic heterocycles. The Morgan fingerprint density at radius 1 is 1.08 bits per heavy atom. The van der Waals surface area contributed by atoms with Gasteiger partial charge >= 0.3 is 0 Å². The highest BCUT2D eigenvalue weighted by Gasteiger charge is 2.26. The summed E-state index contributed by atoms with van der Waals surface area (Å²) in [6.07, 6.45) is 1.03. The van der Waals surface area contributed by atoms with E-state index in [9.17, 15) is 8.42 Å². The van der Waals surface area contributed by atoms with E-state index in [0.717, 1.165) is 19.5 Å². The van der Waals surface area contributed by atoms with E-state index in [1.165, 1.54) is 5.69 Å². The summed E-state index contributed by atoms with van der Waals surface area (Å²) in [6.45, 7) is 3.87. The number of anilines is 1. The van der Waals surface area contributed by atoms with Gasteiger partial charge in [0.05, 0.1) is 10.6 Å². The molecule has 0 bridgehead atoms. The van der Waals surface area contributed by atoms with Gasteiger partial charge < -0.3 is 10.2 Å². The zero-order chi connectivity index (χ0) is 17.0. The monoisotopic (exact) mass is 344 g/mol. The van der Waals surface area contributed by atoms with Crippen LogP contribution in [0.4, 0.5) is 5.69 Å². The first-order valence-electron chi connectivity index (χ1n) is 8.38. The molecular formula is C19H24N2O2S. The summed E-state index contributed by atoms with van der Waals surface area (Å²) in [5.41, 5.74) is 1.23. The van der Waals surface area contributed by atoms with E-state index in [-0.39, 0.29) is 11.8 Å². The molecule has 5 heteroatoms. The molecular weight excluding hydrogens is 320 g/mol. The van der Waals surface area contributed by atoms with Crippen LogP contribution >= 0.6 is 0 Å². The highest BCUT2D eigenvalue weighted by molar-refractivity contribution is 7.91. The minimum atomic E-state index is -3.24. The molecule has 0 unspecified atom stereocenters. The highest BCUT2D eigenvalue weighted by atomic mass is 32.2. The van der Waals surface area contributed by atoms with E-state index in [1.54, 1.807) is 24.3 Å². The Morgan fingerprint density at radius 2 is 1.71 bits per heavy atom. The minimum Gasteiger partial charge on any atom is -0.370 e. The molecule has 128 valence electrons. The fraction of sp³-hybridized carbons (Fsp3) is 0.368. The molecule has 0 aromatic heterocycles. The molecule has 0 aliphatic carbocycles. The fourth-order valence-electron chi connectivity index (χ4n) is 3.27. The van der Waals surface area contributed by atoms with Gasteiger partial charge in [0.25, 0.3) is 0 Å². The van der Waals surface area contributed by atoms with Crippen molar-refractivity contribution in [3.63, 3.8) is 0 Å². The van der Waals surface area contributed by atoms with Crippen molar-refractivity contribution in [3.8, 4) is 0 Å². The Morgan fingerprint density at radius 3 is 2.38 bits per heavy atom. The van der Waals surface area contributed by atoms with Crippen LogP contribution in [-0.4, -0.2) is 39.3 Å². The number of sulfone groups is 1. The predicted octanol–water partition coefficient (Wildman–Crippen LogP) is 2.72. The average Bonchev–Trinajstić information content (AvgIpc) is 3.04. The number of rotatable bonds is 6. The van der Waals surface area contributed by atoms with Crippen LogP contribution in [0.5, 0.6) is 0 Å². The Kier molecular flexibility index (Phi) is 5.21. The van der Waals surface area contributed by atoms with Crippen LogP contribution in [0.3, 0.4) is 0 Å². The Balaban J connectivity index is 1.55. The van der Waals surface area contributed by atoms with Crippen molar-refractivity contribution in [1.82, 2.24) is 5.32 Å². The van der Waals surface area contributed by atoms with Crippen molar-refractivity contribution >= 4 is 15.5 Å². The van der Waals surface area contributed by atoms with E-state index in [2.05, 4.69) is 22.3 Å². The molecule has 0 saturated carbocycles. The van der Waals surface area contributed by atoms with Gasteiger partial charge in [-0.3, -0.25) is 0 Å². The lowest BCUT2D eigenvalue weighted by Crippen LogP contribution is -2.42. The third kappa shape index (κ3) is 4.16. The van der Waals surface area contributed by atoms with Gasteiger partial charge in [0.1, 0.15) is 0 Å². The maximum atomic E-state index is 12.5. The van der Waals surface area contributed by atoms with E-state index >= 15 is 0 Å². The first kappa shape index (κ1) is 17.0. The normalized spacial score (nSPS) is 19.4. The standard InChI is InChI=1S/C19H24N2O2S/c1-16(15-24(22,23)19-10-6-3-7-11-19)20-17-12-13-21(14-17)18-8-4-2-5-9-18/h2-11,16-17,20H,12-15H2,1H3/t16-,17-/m1/s1. The summed E-state index contributed by atoms with van der Waals surface area (Å²) in [5.74, 6) is 0.124. The highest BCUT2D eigenvalue weighted by Crippen LogP contribution is 2.20. The maximum Gasteiger partial charge on any atom is 0.179 e. The molecule has 0 spiro atoms. The first-order chi connectivity index (χ1) is 11.5. The summed E-state index contributed by atoms with van der Waals surface area (Å²) in [5, 5.41) is 3.48. The van der Waals surface area contributed by atoms with Crippen molar-refractivity contribution in [1.29, 1.82) is 0 Å². The number of hydrogen-bond acceptors (Lipinski definition) is 4. The van der Waals surface area contributed by atoms with Crippen molar-refractivity contribution < 1.29 is 8.42 Å². The molecule has 1 fully saturated rings. The Labute approximate surface area is 144 Å². The number of nitrogens with one attached hydrogen (secondary N) is 1. The van der Waals surface area contributed by atoms with E-state index in [0.29, 0.717) is 10.9 Å². The van der Waals surface area contributed by atoms with Crippen molar-refractivity contribution in [2.24, 2.45) is 0 Å². The van der Waals surface area contributed by atoms with Crippen molar-refractivity contribution in [2.75, 3.05) is 23.7 Å². The molecule has 4 nitrogen and oxygen atoms in total. The first-order valence-corrected chi connectivity index (χ1v) is 10.0. The fourth-order valence-corrected chi connectivity index (χ4v) is 4.79. The summed E-state index contributed by atoms with van der Waals surface area (Å²) in [7, 11) is -3.24. The number of hydrogen-bond donors (Lipinski definition) is 1. The van der Waals surface area contributed by atoms with Gasteiger partial charge in [-0.1, -0.05) is 36.4 Å². The molecule has 0 radical (unpaired) electrons. The minimum absolute atomic E-state index is 0.0732. The van der Waals surface area contributed by atoms with Crippen LogP contribution < -0.4 is 10.2 Å². The van der Waals surface area contributed by atoms with Gasteiger partial charge in [-0.05, 0) is 37.6 Å². The third-order valence-corrected chi connectivity index (χ3v) is 6.33. The molecule has 3 rings (SSSR count). The topological polar surface area (TPSA) is 49.4 Å². The van der Waals surface area contributed by atoms with Gasteiger partial charge in [0.15, 0.2) is 9.84 Å². The van der Waals surface area contributed by atoms with Gasteiger partial charge in [0.2, 0.25) is 0 Å². The number of benzene rings is 2. The third-order valence-electron chi connectivity index (χ3n) is 4.40. The van der Waals surface area contributed by atoms with Crippen LogP contribution in [0.15, 0.2) is 65.6 Å². The van der Waals surface area contributed by atoms with Gasteiger partial charge in [-0.15, -0.1) is 0 Å². The van der Waals surface area contributed by atoms with Crippen molar-refractivity contribution in [2.45, 2.75) is 30.3 Å². The average molecular weight is 344 g/mol. The van der Waals surface area contributed by atoms with E-state index in [4.69, 9.17) is 0 Å². The van der Waals surface area contributed by atoms with Gasteiger partial charge in [-0.2, -0.15) is 0 Å².